The molecule has 0 atom stereocenters. The minimum Gasteiger partial charge on any atom is -0.456 e. The summed E-state index contributed by atoms with van der Waals surface area (Å²) in [6, 6.07) is 85.4. The first-order chi connectivity index (χ1) is 30.7. The van der Waals surface area contributed by atoms with Crippen LogP contribution in [0.3, 0.4) is 0 Å². The van der Waals surface area contributed by atoms with Crippen LogP contribution in [0.15, 0.2) is 241 Å². The van der Waals surface area contributed by atoms with E-state index in [1.807, 2.05) is 0 Å². The van der Waals surface area contributed by atoms with Crippen molar-refractivity contribution in [3.8, 4) is 50.2 Å². The van der Waals surface area contributed by atoms with Crippen LogP contribution >= 0.6 is 0 Å². The molecule has 0 fully saturated rings. The number of aromatic nitrogens is 1. The molecule has 2 heterocycles. The standard InChI is InChI=1S/C60H39NO/c1-4-17-40(18-5-1)44-31-34-58-55(39-44)59-53(50-26-11-10-25-49(50)52-28-13-15-30-57(52)62-58)32-33-54-51-27-12-14-29-56(51)61(60(54)59)48-24-16-23-43(38-48)47-36-45(41-19-6-2-7-20-41)35-46(37-47)42-21-8-3-9-22-42/h1-39H. The normalized spacial score (nSPS) is 11.5. The van der Waals surface area contributed by atoms with Crippen molar-refractivity contribution in [2.75, 3.05) is 0 Å². The third-order valence-electron chi connectivity index (χ3n) is 12.4. The molecular formula is C60H39NO. The third kappa shape index (κ3) is 6.04. The Hall–Kier alpha value is -8.20. The highest BCUT2D eigenvalue weighted by Gasteiger charge is 2.19. The monoisotopic (exact) mass is 789 g/mol. The summed E-state index contributed by atoms with van der Waals surface area (Å²) in [7, 11) is 0. The zero-order chi connectivity index (χ0) is 41.0. The minimum absolute atomic E-state index is 0.815. The fraction of sp³-hybridized carbons (Fsp3) is 0. The van der Waals surface area contributed by atoms with E-state index in [1.54, 1.807) is 0 Å². The van der Waals surface area contributed by atoms with Crippen LogP contribution in [0.2, 0.25) is 0 Å². The molecule has 2 aromatic heterocycles. The summed E-state index contributed by atoms with van der Waals surface area (Å²) >= 11 is 0. The van der Waals surface area contributed by atoms with Gasteiger partial charge in [-0.3, -0.25) is 0 Å². The van der Waals surface area contributed by atoms with Crippen molar-refractivity contribution < 1.29 is 4.42 Å². The van der Waals surface area contributed by atoms with Gasteiger partial charge in [-0.15, -0.1) is 0 Å². The molecule has 0 N–H and O–H groups in total. The molecular weight excluding hydrogens is 751 g/mol. The highest BCUT2D eigenvalue weighted by Crippen LogP contribution is 2.43. The summed E-state index contributed by atoms with van der Waals surface area (Å²) in [6.07, 6.45) is 0. The molecule has 0 radical (unpaired) electrons. The number of hydrogen-bond donors (Lipinski definition) is 0. The predicted octanol–water partition coefficient (Wildman–Crippen LogP) is 16.8. The molecule has 0 aliphatic heterocycles. The van der Waals surface area contributed by atoms with E-state index in [-0.39, 0.29) is 0 Å². The SMILES string of the molecule is c1ccc(-c2cc(-c3ccccc3)cc(-c3cccc(-n4c5ccccc5c5ccc6c7ccccc7c7ccccc7oc7ccc(-c8ccccc8)cc7c6c54)c3)c2)cc1. The Kier molecular flexibility index (Phi) is 8.53. The van der Waals surface area contributed by atoms with E-state index in [9.17, 15) is 0 Å². The van der Waals surface area contributed by atoms with Gasteiger partial charge in [-0.25, -0.2) is 0 Å². The van der Waals surface area contributed by atoms with Crippen LogP contribution in [0.4, 0.5) is 0 Å². The number of benzene rings is 10. The molecule has 12 rings (SSSR count). The van der Waals surface area contributed by atoms with Gasteiger partial charge >= 0.3 is 0 Å². The number of para-hydroxylation sites is 2. The molecule has 12 aromatic rings. The molecule has 10 aromatic carbocycles. The predicted molar refractivity (Wildman–Crippen MR) is 262 cm³/mol. The smallest absolute Gasteiger partial charge is 0.135 e. The quantitative estimate of drug-likeness (QED) is 0.170. The first kappa shape index (κ1) is 35.7. The van der Waals surface area contributed by atoms with Gasteiger partial charge < -0.3 is 8.98 Å². The van der Waals surface area contributed by atoms with Gasteiger partial charge in [0.05, 0.1) is 11.0 Å². The maximum absolute atomic E-state index is 7.10. The molecule has 2 nitrogen and oxygen atoms in total. The van der Waals surface area contributed by atoms with Gasteiger partial charge in [0.25, 0.3) is 0 Å². The number of fused-ring (bicyclic) bond motifs is 11. The molecule has 0 aliphatic rings. The fourth-order valence-electron chi connectivity index (χ4n) is 9.51. The fourth-order valence-corrected chi connectivity index (χ4v) is 9.51. The third-order valence-corrected chi connectivity index (χ3v) is 12.4. The summed E-state index contributed by atoms with van der Waals surface area (Å²) in [5.41, 5.74) is 14.4. The molecule has 0 unspecified atom stereocenters. The lowest BCUT2D eigenvalue weighted by Crippen LogP contribution is -1.95. The van der Waals surface area contributed by atoms with Gasteiger partial charge in [-0.1, -0.05) is 182 Å². The van der Waals surface area contributed by atoms with Crippen molar-refractivity contribution in [2.45, 2.75) is 0 Å². The number of nitrogens with zero attached hydrogens (tertiary/aromatic N) is 1. The minimum atomic E-state index is 0.815. The number of rotatable bonds is 5. The maximum Gasteiger partial charge on any atom is 0.135 e. The molecule has 62 heavy (non-hydrogen) atoms. The van der Waals surface area contributed by atoms with Crippen molar-refractivity contribution in [3.63, 3.8) is 0 Å². The number of hydrogen-bond acceptors (Lipinski definition) is 1. The van der Waals surface area contributed by atoms with Crippen molar-refractivity contribution in [2.24, 2.45) is 0 Å². The van der Waals surface area contributed by atoms with Crippen LogP contribution in [-0.4, -0.2) is 4.57 Å². The van der Waals surface area contributed by atoms with E-state index < -0.39 is 0 Å². The van der Waals surface area contributed by atoms with E-state index in [0.717, 1.165) is 82.5 Å². The van der Waals surface area contributed by atoms with E-state index in [4.69, 9.17) is 4.42 Å². The van der Waals surface area contributed by atoms with Gasteiger partial charge in [0.15, 0.2) is 0 Å². The zero-order valence-corrected chi connectivity index (χ0v) is 33.9. The summed E-state index contributed by atoms with van der Waals surface area (Å²) in [5.74, 6) is 0. The first-order valence-electron chi connectivity index (χ1n) is 21.2. The Balaban J connectivity index is 1.22. The van der Waals surface area contributed by atoms with Crippen molar-refractivity contribution >= 4 is 65.3 Å². The summed E-state index contributed by atoms with van der Waals surface area (Å²) in [5, 5.41) is 9.08. The molecule has 2 heteroatoms. The Bertz CT molecular complexity index is 3670. The summed E-state index contributed by atoms with van der Waals surface area (Å²) in [4.78, 5) is 0. The summed E-state index contributed by atoms with van der Waals surface area (Å²) in [6.45, 7) is 0. The lowest BCUT2D eigenvalue weighted by Gasteiger charge is -2.15. The van der Waals surface area contributed by atoms with Gasteiger partial charge in [-0.2, -0.15) is 0 Å². The highest BCUT2D eigenvalue weighted by atomic mass is 16.3. The van der Waals surface area contributed by atoms with Crippen molar-refractivity contribution in [1.29, 1.82) is 0 Å². The Morgan fingerprint density at radius 1 is 0.258 bits per heavy atom. The maximum atomic E-state index is 7.10. The second-order valence-corrected chi connectivity index (χ2v) is 16.0. The molecule has 0 aliphatic carbocycles. The van der Waals surface area contributed by atoms with E-state index in [2.05, 4.69) is 241 Å². The molecule has 0 amide bonds. The Morgan fingerprint density at radius 3 is 1.42 bits per heavy atom. The molecule has 0 bridgehead atoms. The Morgan fingerprint density at radius 2 is 0.742 bits per heavy atom. The second kappa shape index (κ2) is 14.8. The van der Waals surface area contributed by atoms with Crippen LogP contribution in [0.1, 0.15) is 0 Å². The average molecular weight is 790 g/mol. The van der Waals surface area contributed by atoms with E-state index in [1.165, 1.54) is 33.0 Å². The van der Waals surface area contributed by atoms with Gasteiger partial charge in [0.2, 0.25) is 0 Å². The molecule has 0 saturated carbocycles. The molecule has 0 spiro atoms. The second-order valence-electron chi connectivity index (χ2n) is 16.0. The van der Waals surface area contributed by atoms with Crippen molar-refractivity contribution in [3.05, 3.63) is 237 Å². The molecule has 0 saturated heterocycles. The van der Waals surface area contributed by atoms with Gasteiger partial charge in [0, 0.05) is 32.6 Å². The topological polar surface area (TPSA) is 18.1 Å². The van der Waals surface area contributed by atoms with Crippen LogP contribution < -0.4 is 0 Å². The Labute approximate surface area is 359 Å². The largest absolute Gasteiger partial charge is 0.456 e. The zero-order valence-electron chi connectivity index (χ0n) is 33.9. The van der Waals surface area contributed by atoms with Crippen LogP contribution in [0.5, 0.6) is 0 Å². The average Bonchev–Trinajstić information content (AvgIpc) is 3.71. The highest BCUT2D eigenvalue weighted by molar-refractivity contribution is 6.29. The van der Waals surface area contributed by atoms with Gasteiger partial charge in [0.1, 0.15) is 11.2 Å². The lowest BCUT2D eigenvalue weighted by atomic mass is 9.93. The van der Waals surface area contributed by atoms with Crippen molar-refractivity contribution in [1.82, 2.24) is 4.57 Å². The first-order valence-corrected chi connectivity index (χ1v) is 21.2. The van der Waals surface area contributed by atoms with Crippen LogP contribution in [0.25, 0.3) is 115 Å². The summed E-state index contributed by atoms with van der Waals surface area (Å²) < 4.78 is 9.58. The van der Waals surface area contributed by atoms with Crippen LogP contribution in [0, 0.1) is 0 Å². The van der Waals surface area contributed by atoms with Crippen LogP contribution in [-0.2, 0) is 0 Å². The lowest BCUT2D eigenvalue weighted by molar-refractivity contribution is 0.663. The van der Waals surface area contributed by atoms with Gasteiger partial charge in [-0.05, 0) is 115 Å². The van der Waals surface area contributed by atoms with E-state index in [0.29, 0.717) is 0 Å². The van der Waals surface area contributed by atoms with E-state index >= 15 is 0 Å². The molecule has 290 valence electrons.